The Balaban J connectivity index is 1.79. The van der Waals surface area contributed by atoms with Crippen molar-refractivity contribution < 1.29 is 23.4 Å². The van der Waals surface area contributed by atoms with Crippen LogP contribution in [0.2, 0.25) is 0 Å². The summed E-state index contributed by atoms with van der Waals surface area (Å²) >= 11 is 0. The third kappa shape index (κ3) is 5.62. The fourth-order valence-corrected chi connectivity index (χ4v) is 2.13. The molecule has 2 aromatic rings. The first-order valence-corrected chi connectivity index (χ1v) is 7.61. The van der Waals surface area contributed by atoms with Crippen molar-refractivity contribution in [1.82, 2.24) is 5.32 Å². The molecule has 0 aliphatic carbocycles. The molecule has 0 saturated carbocycles. The lowest BCUT2D eigenvalue weighted by atomic mass is 10.1. The molecule has 0 saturated heterocycles. The van der Waals surface area contributed by atoms with E-state index in [1.807, 2.05) is 0 Å². The summed E-state index contributed by atoms with van der Waals surface area (Å²) in [4.78, 5) is 11.5. The molecule has 0 bridgehead atoms. The average molecular weight is 335 g/mol. The predicted molar refractivity (Wildman–Crippen MR) is 85.8 cm³/mol. The number of carbonyl (C=O) groups excluding carboxylic acids is 1. The van der Waals surface area contributed by atoms with E-state index < -0.39 is 11.6 Å². The SMILES string of the molecule is O=C(Cc1ccc(OCCc2ccc(F)c(F)c2)cc1)NCCO. The number of hydrogen-bond acceptors (Lipinski definition) is 3. The van der Waals surface area contributed by atoms with Crippen LogP contribution < -0.4 is 10.1 Å². The van der Waals surface area contributed by atoms with Crippen molar-refractivity contribution in [2.75, 3.05) is 19.8 Å². The van der Waals surface area contributed by atoms with Crippen LogP contribution in [0, 0.1) is 11.6 Å². The number of carbonyl (C=O) groups is 1. The number of rotatable bonds is 8. The molecule has 4 nitrogen and oxygen atoms in total. The number of amides is 1. The van der Waals surface area contributed by atoms with Crippen LogP contribution in [-0.4, -0.2) is 30.8 Å². The van der Waals surface area contributed by atoms with Crippen LogP contribution in [0.3, 0.4) is 0 Å². The standard InChI is InChI=1S/C18H19F2NO3/c19-16-6-3-14(11-17(16)20)7-10-24-15-4-1-13(2-5-15)12-18(23)21-8-9-22/h1-6,11,22H,7-10,12H2,(H,21,23). The highest BCUT2D eigenvalue weighted by molar-refractivity contribution is 5.78. The Morgan fingerprint density at radius 3 is 2.42 bits per heavy atom. The minimum atomic E-state index is -0.865. The van der Waals surface area contributed by atoms with Gasteiger partial charge in [0.25, 0.3) is 0 Å². The molecule has 0 atom stereocenters. The number of aliphatic hydroxyl groups excluding tert-OH is 1. The second kappa shape index (κ2) is 8.98. The minimum absolute atomic E-state index is 0.0868. The van der Waals surface area contributed by atoms with Crippen LogP contribution in [0.4, 0.5) is 8.78 Å². The van der Waals surface area contributed by atoms with E-state index in [2.05, 4.69) is 5.32 Å². The van der Waals surface area contributed by atoms with E-state index in [-0.39, 0.29) is 25.5 Å². The fourth-order valence-electron chi connectivity index (χ4n) is 2.13. The topological polar surface area (TPSA) is 58.6 Å². The zero-order valence-electron chi connectivity index (χ0n) is 13.1. The molecule has 2 rings (SSSR count). The molecule has 0 aromatic heterocycles. The van der Waals surface area contributed by atoms with Crippen LogP contribution in [0.5, 0.6) is 5.75 Å². The molecule has 0 aliphatic heterocycles. The molecular weight excluding hydrogens is 316 g/mol. The smallest absolute Gasteiger partial charge is 0.224 e. The maximum Gasteiger partial charge on any atom is 0.224 e. The Hall–Kier alpha value is -2.47. The number of aliphatic hydroxyl groups is 1. The highest BCUT2D eigenvalue weighted by Crippen LogP contribution is 2.14. The lowest BCUT2D eigenvalue weighted by Gasteiger charge is -2.08. The van der Waals surface area contributed by atoms with Gasteiger partial charge < -0.3 is 15.2 Å². The summed E-state index contributed by atoms with van der Waals surface area (Å²) in [6, 6.07) is 10.8. The van der Waals surface area contributed by atoms with E-state index >= 15 is 0 Å². The second-order valence-corrected chi connectivity index (χ2v) is 5.24. The summed E-state index contributed by atoms with van der Waals surface area (Å²) in [5.41, 5.74) is 1.49. The monoisotopic (exact) mass is 335 g/mol. The summed E-state index contributed by atoms with van der Waals surface area (Å²) in [5, 5.41) is 11.2. The molecular formula is C18H19F2NO3. The summed E-state index contributed by atoms with van der Waals surface area (Å²) in [5.74, 6) is -1.25. The van der Waals surface area contributed by atoms with Gasteiger partial charge in [0, 0.05) is 13.0 Å². The van der Waals surface area contributed by atoms with Crippen molar-refractivity contribution in [2.45, 2.75) is 12.8 Å². The normalized spacial score (nSPS) is 10.5. The van der Waals surface area contributed by atoms with Crippen molar-refractivity contribution in [1.29, 1.82) is 0 Å². The van der Waals surface area contributed by atoms with Crippen molar-refractivity contribution in [3.8, 4) is 5.75 Å². The molecule has 1 amide bonds. The number of nitrogens with one attached hydrogen (secondary N) is 1. The third-order valence-electron chi connectivity index (χ3n) is 3.37. The largest absolute Gasteiger partial charge is 0.493 e. The first-order valence-electron chi connectivity index (χ1n) is 7.61. The lowest BCUT2D eigenvalue weighted by Crippen LogP contribution is -2.27. The lowest BCUT2D eigenvalue weighted by molar-refractivity contribution is -0.120. The summed E-state index contributed by atoms with van der Waals surface area (Å²) in [6.45, 7) is 0.488. The Kier molecular flexibility index (Phi) is 6.69. The quantitative estimate of drug-likeness (QED) is 0.778. The fraction of sp³-hybridized carbons (Fsp3) is 0.278. The first-order chi connectivity index (χ1) is 11.6. The maximum absolute atomic E-state index is 13.1. The van der Waals surface area contributed by atoms with Gasteiger partial charge in [-0.05, 0) is 35.4 Å². The van der Waals surface area contributed by atoms with Crippen LogP contribution in [0.1, 0.15) is 11.1 Å². The molecule has 0 aliphatic rings. The van der Waals surface area contributed by atoms with Gasteiger partial charge in [-0.2, -0.15) is 0 Å². The highest BCUT2D eigenvalue weighted by atomic mass is 19.2. The van der Waals surface area contributed by atoms with Gasteiger partial charge in [-0.1, -0.05) is 18.2 Å². The molecule has 6 heteroatoms. The molecule has 2 N–H and O–H groups in total. The zero-order valence-corrected chi connectivity index (χ0v) is 13.1. The van der Waals surface area contributed by atoms with Gasteiger partial charge in [0.2, 0.25) is 5.91 Å². The molecule has 0 fully saturated rings. The number of hydrogen-bond donors (Lipinski definition) is 2. The van der Waals surface area contributed by atoms with Crippen LogP contribution in [-0.2, 0) is 17.6 Å². The summed E-state index contributed by atoms with van der Waals surface area (Å²) < 4.78 is 31.5. The predicted octanol–water partition coefficient (Wildman–Crippen LogP) is 2.24. The number of ether oxygens (including phenoxy) is 1. The second-order valence-electron chi connectivity index (χ2n) is 5.24. The number of halogens is 2. The zero-order chi connectivity index (χ0) is 17.4. The molecule has 24 heavy (non-hydrogen) atoms. The van der Waals surface area contributed by atoms with E-state index in [9.17, 15) is 13.6 Å². The molecule has 0 unspecified atom stereocenters. The Labute approximate surface area is 139 Å². The van der Waals surface area contributed by atoms with E-state index in [1.54, 1.807) is 24.3 Å². The molecule has 128 valence electrons. The molecule has 0 radical (unpaired) electrons. The minimum Gasteiger partial charge on any atom is -0.493 e. The average Bonchev–Trinajstić information content (AvgIpc) is 2.58. The molecule has 0 spiro atoms. The van der Waals surface area contributed by atoms with Gasteiger partial charge in [0.15, 0.2) is 11.6 Å². The molecule has 2 aromatic carbocycles. The van der Waals surface area contributed by atoms with Crippen LogP contribution in [0.15, 0.2) is 42.5 Å². The third-order valence-corrected chi connectivity index (χ3v) is 3.37. The van der Waals surface area contributed by atoms with E-state index in [1.165, 1.54) is 6.07 Å². The Morgan fingerprint density at radius 2 is 1.75 bits per heavy atom. The van der Waals surface area contributed by atoms with Gasteiger partial charge in [-0.15, -0.1) is 0 Å². The van der Waals surface area contributed by atoms with Crippen LogP contribution >= 0.6 is 0 Å². The Morgan fingerprint density at radius 1 is 1.04 bits per heavy atom. The number of benzene rings is 2. The Bertz CT molecular complexity index is 674. The van der Waals surface area contributed by atoms with Crippen molar-refractivity contribution in [3.63, 3.8) is 0 Å². The van der Waals surface area contributed by atoms with Gasteiger partial charge in [-0.25, -0.2) is 8.78 Å². The van der Waals surface area contributed by atoms with Gasteiger partial charge >= 0.3 is 0 Å². The van der Waals surface area contributed by atoms with Gasteiger partial charge in [0.05, 0.1) is 19.6 Å². The first kappa shape index (κ1) is 17.9. The van der Waals surface area contributed by atoms with E-state index in [0.717, 1.165) is 17.7 Å². The van der Waals surface area contributed by atoms with E-state index in [4.69, 9.17) is 9.84 Å². The summed E-state index contributed by atoms with van der Waals surface area (Å²) in [6.07, 6.45) is 0.692. The van der Waals surface area contributed by atoms with Gasteiger partial charge in [-0.3, -0.25) is 4.79 Å². The highest BCUT2D eigenvalue weighted by Gasteiger charge is 2.04. The van der Waals surface area contributed by atoms with Gasteiger partial charge in [0.1, 0.15) is 5.75 Å². The van der Waals surface area contributed by atoms with Crippen molar-refractivity contribution >= 4 is 5.91 Å². The molecule has 0 heterocycles. The van der Waals surface area contributed by atoms with Crippen LogP contribution in [0.25, 0.3) is 0 Å². The van der Waals surface area contributed by atoms with Crippen molar-refractivity contribution in [2.24, 2.45) is 0 Å². The maximum atomic E-state index is 13.1. The summed E-state index contributed by atoms with van der Waals surface area (Å²) in [7, 11) is 0. The van der Waals surface area contributed by atoms with Crippen molar-refractivity contribution in [3.05, 3.63) is 65.2 Å². The van der Waals surface area contributed by atoms with E-state index in [0.29, 0.717) is 24.3 Å².